The standard InChI is InChI=1S/C11H11N3O2S/c1-2-9-10(13-11(12)17-9)7-3-5-8(6-4-7)14(15)16/h3-6H,2H2,1H3,(H2,12,13). The number of aromatic nitrogens is 1. The zero-order chi connectivity index (χ0) is 12.4. The van der Waals surface area contributed by atoms with Crippen molar-refractivity contribution in [3.8, 4) is 11.3 Å². The fourth-order valence-electron chi connectivity index (χ4n) is 1.58. The molecule has 0 radical (unpaired) electrons. The molecule has 0 atom stereocenters. The second-order valence-corrected chi connectivity index (χ2v) is 4.60. The maximum absolute atomic E-state index is 10.5. The molecule has 1 heterocycles. The molecule has 0 bridgehead atoms. The monoisotopic (exact) mass is 249 g/mol. The summed E-state index contributed by atoms with van der Waals surface area (Å²) in [4.78, 5) is 15.5. The van der Waals surface area contributed by atoms with E-state index in [-0.39, 0.29) is 5.69 Å². The van der Waals surface area contributed by atoms with E-state index in [4.69, 9.17) is 5.73 Å². The highest BCUT2D eigenvalue weighted by atomic mass is 32.1. The third-order valence-electron chi connectivity index (χ3n) is 2.39. The summed E-state index contributed by atoms with van der Waals surface area (Å²) in [5, 5.41) is 11.1. The number of hydrogen-bond donors (Lipinski definition) is 1. The van der Waals surface area contributed by atoms with Crippen molar-refractivity contribution >= 4 is 22.2 Å². The van der Waals surface area contributed by atoms with Gasteiger partial charge in [-0.25, -0.2) is 4.98 Å². The lowest BCUT2D eigenvalue weighted by Gasteiger charge is -1.99. The van der Waals surface area contributed by atoms with Gasteiger partial charge < -0.3 is 5.73 Å². The first-order chi connectivity index (χ1) is 8.11. The highest BCUT2D eigenvalue weighted by Crippen LogP contribution is 2.30. The van der Waals surface area contributed by atoms with Crippen molar-refractivity contribution in [1.82, 2.24) is 4.98 Å². The maximum atomic E-state index is 10.5. The van der Waals surface area contributed by atoms with Gasteiger partial charge in [0.2, 0.25) is 0 Å². The Kier molecular flexibility index (Phi) is 3.06. The lowest BCUT2D eigenvalue weighted by molar-refractivity contribution is -0.384. The molecule has 6 heteroatoms. The van der Waals surface area contributed by atoms with Gasteiger partial charge >= 0.3 is 0 Å². The van der Waals surface area contributed by atoms with E-state index in [9.17, 15) is 10.1 Å². The quantitative estimate of drug-likeness (QED) is 0.669. The number of non-ortho nitro benzene ring substituents is 1. The largest absolute Gasteiger partial charge is 0.375 e. The lowest BCUT2D eigenvalue weighted by Crippen LogP contribution is -1.89. The van der Waals surface area contributed by atoms with Crippen molar-refractivity contribution in [3.63, 3.8) is 0 Å². The molecule has 0 amide bonds. The fraction of sp³-hybridized carbons (Fsp3) is 0.182. The number of aryl methyl sites for hydroxylation is 1. The van der Waals surface area contributed by atoms with Crippen LogP contribution in [0.25, 0.3) is 11.3 Å². The minimum atomic E-state index is -0.417. The molecule has 0 fully saturated rings. The van der Waals surface area contributed by atoms with E-state index in [1.54, 1.807) is 12.1 Å². The maximum Gasteiger partial charge on any atom is 0.269 e. The number of nitrogen functional groups attached to an aromatic ring is 1. The van der Waals surface area contributed by atoms with Crippen molar-refractivity contribution < 1.29 is 4.92 Å². The van der Waals surface area contributed by atoms with Gasteiger partial charge in [-0.1, -0.05) is 6.92 Å². The molecular formula is C11H11N3O2S. The summed E-state index contributed by atoms with van der Waals surface area (Å²) in [6.45, 7) is 2.03. The van der Waals surface area contributed by atoms with Crippen LogP contribution in [0.2, 0.25) is 0 Å². The van der Waals surface area contributed by atoms with Crippen molar-refractivity contribution in [2.75, 3.05) is 5.73 Å². The molecular weight excluding hydrogens is 238 g/mol. The Labute approximate surface area is 102 Å². The molecule has 0 saturated carbocycles. The Bertz CT molecular complexity index is 548. The molecule has 0 saturated heterocycles. The topological polar surface area (TPSA) is 82.0 Å². The van der Waals surface area contributed by atoms with Crippen LogP contribution in [0.5, 0.6) is 0 Å². The average Bonchev–Trinajstić information content (AvgIpc) is 2.70. The van der Waals surface area contributed by atoms with Crippen LogP contribution in [0.15, 0.2) is 24.3 Å². The molecule has 0 aliphatic carbocycles. The molecule has 2 N–H and O–H groups in total. The third kappa shape index (κ3) is 2.26. The molecule has 88 valence electrons. The third-order valence-corrected chi connectivity index (χ3v) is 3.42. The Morgan fingerprint density at radius 2 is 2.06 bits per heavy atom. The lowest BCUT2D eigenvalue weighted by atomic mass is 10.1. The van der Waals surface area contributed by atoms with Crippen molar-refractivity contribution in [2.45, 2.75) is 13.3 Å². The van der Waals surface area contributed by atoms with Crippen LogP contribution >= 0.6 is 11.3 Å². The zero-order valence-electron chi connectivity index (χ0n) is 9.21. The summed E-state index contributed by atoms with van der Waals surface area (Å²) in [7, 11) is 0. The number of nitro groups is 1. The molecule has 1 aromatic heterocycles. The first-order valence-electron chi connectivity index (χ1n) is 5.11. The van der Waals surface area contributed by atoms with Gasteiger partial charge in [0.1, 0.15) is 0 Å². The Morgan fingerprint density at radius 1 is 1.41 bits per heavy atom. The van der Waals surface area contributed by atoms with Gasteiger partial charge in [0.15, 0.2) is 5.13 Å². The van der Waals surface area contributed by atoms with E-state index < -0.39 is 4.92 Å². The average molecular weight is 249 g/mol. The van der Waals surface area contributed by atoms with Crippen LogP contribution < -0.4 is 5.73 Å². The highest BCUT2D eigenvalue weighted by Gasteiger charge is 2.11. The Morgan fingerprint density at radius 3 is 2.59 bits per heavy atom. The van der Waals surface area contributed by atoms with Gasteiger partial charge in [-0.15, -0.1) is 11.3 Å². The summed E-state index contributed by atoms with van der Waals surface area (Å²) < 4.78 is 0. The number of nitrogens with two attached hydrogens (primary N) is 1. The van der Waals surface area contributed by atoms with Gasteiger partial charge in [0.05, 0.1) is 10.6 Å². The van der Waals surface area contributed by atoms with E-state index in [1.165, 1.54) is 23.5 Å². The van der Waals surface area contributed by atoms with Crippen LogP contribution in [-0.4, -0.2) is 9.91 Å². The predicted octanol–water partition coefficient (Wildman–Crippen LogP) is 2.86. The second-order valence-electron chi connectivity index (χ2n) is 3.48. The molecule has 5 nitrogen and oxygen atoms in total. The number of anilines is 1. The van der Waals surface area contributed by atoms with Gasteiger partial charge in [0, 0.05) is 22.6 Å². The number of nitrogens with zero attached hydrogens (tertiary/aromatic N) is 2. The fourth-order valence-corrected chi connectivity index (χ4v) is 2.37. The van der Waals surface area contributed by atoms with E-state index in [0.29, 0.717) is 5.13 Å². The summed E-state index contributed by atoms with van der Waals surface area (Å²) in [6, 6.07) is 6.35. The van der Waals surface area contributed by atoms with E-state index in [2.05, 4.69) is 4.98 Å². The van der Waals surface area contributed by atoms with Crippen LogP contribution in [-0.2, 0) is 6.42 Å². The minimum Gasteiger partial charge on any atom is -0.375 e. The Hall–Kier alpha value is -1.95. The van der Waals surface area contributed by atoms with Crippen LogP contribution in [0.1, 0.15) is 11.8 Å². The molecule has 0 unspecified atom stereocenters. The van der Waals surface area contributed by atoms with Crippen LogP contribution in [0, 0.1) is 10.1 Å². The van der Waals surface area contributed by atoms with Gasteiger partial charge in [-0.2, -0.15) is 0 Å². The van der Waals surface area contributed by atoms with Gasteiger partial charge in [-0.3, -0.25) is 10.1 Å². The summed E-state index contributed by atoms with van der Waals surface area (Å²) in [5.41, 5.74) is 7.43. The number of hydrogen-bond acceptors (Lipinski definition) is 5. The summed E-state index contributed by atoms with van der Waals surface area (Å²) in [5.74, 6) is 0. The first kappa shape index (κ1) is 11.5. The summed E-state index contributed by atoms with van der Waals surface area (Å²) in [6.07, 6.45) is 0.848. The van der Waals surface area contributed by atoms with E-state index >= 15 is 0 Å². The highest BCUT2D eigenvalue weighted by molar-refractivity contribution is 7.15. The SMILES string of the molecule is CCc1sc(N)nc1-c1ccc([N+](=O)[O-])cc1. The van der Waals surface area contributed by atoms with Gasteiger partial charge in [-0.05, 0) is 18.6 Å². The second kappa shape index (κ2) is 4.50. The van der Waals surface area contributed by atoms with Crippen LogP contribution in [0.4, 0.5) is 10.8 Å². The van der Waals surface area contributed by atoms with Crippen molar-refractivity contribution in [3.05, 3.63) is 39.3 Å². The van der Waals surface area contributed by atoms with E-state index in [1.807, 2.05) is 6.92 Å². The minimum absolute atomic E-state index is 0.0787. The summed E-state index contributed by atoms with van der Waals surface area (Å²) >= 11 is 1.45. The van der Waals surface area contributed by atoms with E-state index in [0.717, 1.165) is 22.6 Å². The predicted molar refractivity (Wildman–Crippen MR) is 68.0 cm³/mol. The molecule has 0 aliphatic rings. The molecule has 1 aromatic carbocycles. The first-order valence-corrected chi connectivity index (χ1v) is 5.93. The smallest absolute Gasteiger partial charge is 0.269 e. The number of nitro benzene ring substituents is 1. The Balaban J connectivity index is 2.42. The van der Waals surface area contributed by atoms with Crippen LogP contribution in [0.3, 0.4) is 0 Å². The molecule has 2 rings (SSSR count). The number of benzene rings is 1. The zero-order valence-corrected chi connectivity index (χ0v) is 10.0. The van der Waals surface area contributed by atoms with Crippen molar-refractivity contribution in [2.24, 2.45) is 0 Å². The van der Waals surface area contributed by atoms with Gasteiger partial charge in [0.25, 0.3) is 5.69 Å². The number of thiazole rings is 1. The molecule has 0 aliphatic heterocycles. The normalized spacial score (nSPS) is 10.4. The molecule has 0 spiro atoms. The molecule has 17 heavy (non-hydrogen) atoms. The molecule has 2 aromatic rings. The van der Waals surface area contributed by atoms with Crippen molar-refractivity contribution in [1.29, 1.82) is 0 Å². The number of rotatable bonds is 3.